The number of ether oxygens (including phenoxy) is 2. The molecule has 1 aromatic rings. The summed E-state index contributed by atoms with van der Waals surface area (Å²) in [6.45, 7) is 0.886. The largest absolute Gasteiger partial charge is 0.573 e. The molecule has 0 aliphatic heterocycles. The molecule has 1 N–H and O–H groups in total. The van der Waals surface area contributed by atoms with E-state index in [1.165, 1.54) is 31.4 Å². The first-order valence-electron chi connectivity index (χ1n) is 5.53. The predicted octanol–water partition coefficient (Wildman–Crippen LogP) is 2.24. The van der Waals surface area contributed by atoms with Crippen molar-refractivity contribution in [3.8, 4) is 5.75 Å². The summed E-state index contributed by atoms with van der Waals surface area (Å²) in [6.07, 6.45) is -4.44. The number of carbonyl (C=O) groups excluding carboxylic acids is 1. The fraction of sp³-hybridized carbons (Fsp3) is 0.417. The minimum Gasteiger partial charge on any atom is -0.469 e. The fourth-order valence-electron chi connectivity index (χ4n) is 1.33. The average molecular weight is 277 g/mol. The number of halogens is 3. The number of hydrogen-bond donors (Lipinski definition) is 1. The normalized spacial score (nSPS) is 11.2. The van der Waals surface area contributed by atoms with Gasteiger partial charge in [-0.2, -0.15) is 0 Å². The number of rotatable bonds is 6. The molecule has 1 aromatic carbocycles. The molecule has 0 amide bonds. The van der Waals surface area contributed by atoms with Crippen LogP contribution < -0.4 is 10.1 Å². The molecule has 0 spiro atoms. The van der Waals surface area contributed by atoms with Crippen LogP contribution in [0.25, 0.3) is 0 Å². The summed E-state index contributed by atoms with van der Waals surface area (Å²) in [5, 5.41) is 2.97. The number of carbonyl (C=O) groups is 1. The van der Waals surface area contributed by atoms with Gasteiger partial charge in [0, 0.05) is 13.1 Å². The molecule has 0 saturated carbocycles. The highest BCUT2D eigenvalue weighted by Gasteiger charge is 2.30. The number of methoxy groups -OCH3 is 1. The predicted molar refractivity (Wildman–Crippen MR) is 61.5 cm³/mol. The van der Waals surface area contributed by atoms with Gasteiger partial charge in [-0.05, 0) is 17.7 Å². The number of hydrogen-bond acceptors (Lipinski definition) is 4. The molecule has 0 fully saturated rings. The second-order valence-corrected chi connectivity index (χ2v) is 3.69. The van der Waals surface area contributed by atoms with Crippen molar-refractivity contribution in [1.29, 1.82) is 0 Å². The number of esters is 1. The van der Waals surface area contributed by atoms with Crippen LogP contribution in [0.4, 0.5) is 13.2 Å². The first-order valence-corrected chi connectivity index (χ1v) is 5.53. The zero-order valence-electron chi connectivity index (χ0n) is 10.3. The summed E-state index contributed by atoms with van der Waals surface area (Å²) in [5.41, 5.74) is 0.791. The van der Waals surface area contributed by atoms with E-state index >= 15 is 0 Å². The van der Waals surface area contributed by atoms with Gasteiger partial charge in [0.05, 0.1) is 13.5 Å². The fourth-order valence-corrected chi connectivity index (χ4v) is 1.33. The van der Waals surface area contributed by atoms with E-state index in [-0.39, 0.29) is 18.1 Å². The topological polar surface area (TPSA) is 47.6 Å². The van der Waals surface area contributed by atoms with Crippen LogP contribution in [0, 0.1) is 0 Å². The maximum atomic E-state index is 11.9. The zero-order chi connectivity index (χ0) is 14.3. The summed E-state index contributed by atoms with van der Waals surface area (Å²) in [5.74, 6) is -0.577. The van der Waals surface area contributed by atoms with Crippen LogP contribution in [0.2, 0.25) is 0 Å². The molecule has 0 unspecified atom stereocenters. The van der Waals surface area contributed by atoms with Crippen molar-refractivity contribution in [3.63, 3.8) is 0 Å². The Labute approximate surface area is 108 Å². The van der Waals surface area contributed by atoms with E-state index in [0.29, 0.717) is 13.1 Å². The average Bonchev–Trinajstić information content (AvgIpc) is 2.34. The van der Waals surface area contributed by atoms with Crippen molar-refractivity contribution < 1.29 is 27.4 Å². The van der Waals surface area contributed by atoms with Crippen LogP contribution in [-0.2, 0) is 16.1 Å². The van der Waals surface area contributed by atoms with Crippen LogP contribution >= 0.6 is 0 Å². The Kier molecular flexibility index (Phi) is 5.62. The third-order valence-electron chi connectivity index (χ3n) is 2.22. The highest BCUT2D eigenvalue weighted by Crippen LogP contribution is 2.22. The van der Waals surface area contributed by atoms with E-state index < -0.39 is 6.36 Å². The third-order valence-corrected chi connectivity index (χ3v) is 2.22. The summed E-state index contributed by atoms with van der Waals surface area (Å²) in [7, 11) is 1.31. The van der Waals surface area contributed by atoms with Crippen LogP contribution in [0.3, 0.4) is 0 Å². The number of nitrogens with one attached hydrogen (secondary N) is 1. The second kappa shape index (κ2) is 6.98. The molecule has 0 radical (unpaired) electrons. The molecular formula is C12H14F3NO3. The van der Waals surface area contributed by atoms with Crippen molar-refractivity contribution in [2.45, 2.75) is 19.3 Å². The molecule has 106 valence electrons. The summed E-state index contributed by atoms with van der Waals surface area (Å²) >= 11 is 0. The Morgan fingerprint density at radius 1 is 1.26 bits per heavy atom. The molecule has 4 nitrogen and oxygen atoms in total. The lowest BCUT2D eigenvalue weighted by Crippen LogP contribution is -2.19. The smallest absolute Gasteiger partial charge is 0.469 e. The third kappa shape index (κ3) is 6.66. The van der Waals surface area contributed by atoms with E-state index in [4.69, 9.17) is 0 Å². The Hall–Kier alpha value is -1.76. The molecule has 0 aliphatic rings. The van der Waals surface area contributed by atoms with E-state index in [1.807, 2.05) is 0 Å². The molecule has 1 rings (SSSR count). The quantitative estimate of drug-likeness (QED) is 0.640. The molecular weight excluding hydrogens is 263 g/mol. The van der Waals surface area contributed by atoms with Gasteiger partial charge < -0.3 is 14.8 Å². The van der Waals surface area contributed by atoms with Gasteiger partial charge >= 0.3 is 12.3 Å². The molecule has 0 heterocycles. The highest BCUT2D eigenvalue weighted by atomic mass is 19.4. The van der Waals surface area contributed by atoms with E-state index in [2.05, 4.69) is 14.8 Å². The lowest BCUT2D eigenvalue weighted by molar-refractivity contribution is -0.274. The maximum Gasteiger partial charge on any atom is 0.573 e. The van der Waals surface area contributed by atoms with Gasteiger partial charge in [-0.15, -0.1) is 13.2 Å². The van der Waals surface area contributed by atoms with E-state index in [1.54, 1.807) is 0 Å². The van der Waals surface area contributed by atoms with Gasteiger partial charge in [0.15, 0.2) is 0 Å². The monoisotopic (exact) mass is 277 g/mol. The van der Waals surface area contributed by atoms with Gasteiger partial charge in [-0.1, -0.05) is 12.1 Å². The zero-order valence-corrected chi connectivity index (χ0v) is 10.3. The van der Waals surface area contributed by atoms with Crippen LogP contribution in [-0.4, -0.2) is 26.0 Å². The molecule has 19 heavy (non-hydrogen) atoms. The van der Waals surface area contributed by atoms with Crippen molar-refractivity contribution in [3.05, 3.63) is 29.8 Å². The van der Waals surface area contributed by atoms with Crippen LogP contribution in [0.1, 0.15) is 12.0 Å². The van der Waals surface area contributed by atoms with Gasteiger partial charge in [0.25, 0.3) is 0 Å². The molecule has 0 aromatic heterocycles. The van der Waals surface area contributed by atoms with Crippen molar-refractivity contribution in [2.24, 2.45) is 0 Å². The lowest BCUT2D eigenvalue weighted by Gasteiger charge is -2.09. The number of benzene rings is 1. The Morgan fingerprint density at radius 2 is 1.89 bits per heavy atom. The van der Waals surface area contributed by atoms with Gasteiger partial charge in [0.1, 0.15) is 5.75 Å². The van der Waals surface area contributed by atoms with Gasteiger partial charge in [0.2, 0.25) is 0 Å². The first-order chi connectivity index (χ1) is 8.90. The summed E-state index contributed by atoms with van der Waals surface area (Å²) in [6, 6.07) is 5.52. The Morgan fingerprint density at radius 3 is 2.42 bits per heavy atom. The Balaban J connectivity index is 2.34. The highest BCUT2D eigenvalue weighted by molar-refractivity contribution is 5.69. The van der Waals surface area contributed by atoms with Crippen molar-refractivity contribution >= 4 is 5.97 Å². The van der Waals surface area contributed by atoms with Gasteiger partial charge in [-0.3, -0.25) is 4.79 Å². The van der Waals surface area contributed by atoms with E-state index in [0.717, 1.165) is 5.56 Å². The molecule has 0 atom stereocenters. The minimum atomic E-state index is -4.68. The van der Waals surface area contributed by atoms with Crippen molar-refractivity contribution in [1.82, 2.24) is 5.32 Å². The number of alkyl halides is 3. The van der Waals surface area contributed by atoms with Crippen LogP contribution in [0.15, 0.2) is 24.3 Å². The van der Waals surface area contributed by atoms with Crippen molar-refractivity contribution in [2.75, 3.05) is 13.7 Å². The molecule has 0 bridgehead atoms. The first kappa shape index (κ1) is 15.3. The summed E-state index contributed by atoms with van der Waals surface area (Å²) < 4.78 is 44.0. The Bertz CT molecular complexity index is 404. The molecule has 7 heteroatoms. The standard InChI is InChI=1S/C12H14F3NO3/c1-18-11(17)6-7-16-8-9-2-4-10(5-3-9)19-12(13,14)15/h2-5,16H,6-8H2,1H3. The SMILES string of the molecule is COC(=O)CCNCc1ccc(OC(F)(F)F)cc1. The second-order valence-electron chi connectivity index (χ2n) is 3.69. The van der Waals surface area contributed by atoms with E-state index in [9.17, 15) is 18.0 Å². The molecule has 0 aliphatic carbocycles. The summed E-state index contributed by atoms with van der Waals surface area (Å²) in [4.78, 5) is 10.8. The maximum absolute atomic E-state index is 11.9. The van der Waals surface area contributed by atoms with Gasteiger partial charge in [-0.25, -0.2) is 0 Å². The molecule has 0 saturated heterocycles. The minimum absolute atomic E-state index is 0.242. The van der Waals surface area contributed by atoms with Crippen LogP contribution in [0.5, 0.6) is 5.75 Å². The lowest BCUT2D eigenvalue weighted by atomic mass is 10.2.